The van der Waals surface area contributed by atoms with Crippen LogP contribution in [0.1, 0.15) is 18.5 Å². The average Bonchev–Trinajstić information content (AvgIpc) is 2.68. The van der Waals surface area contributed by atoms with Crippen LogP contribution in [0, 0.1) is 0 Å². The summed E-state index contributed by atoms with van der Waals surface area (Å²) >= 11 is 5.91. The number of morpholine rings is 1. The van der Waals surface area contributed by atoms with E-state index in [0.717, 1.165) is 48.3 Å². The molecule has 0 radical (unpaired) electrons. The normalized spacial score (nSPS) is 15.5. The van der Waals surface area contributed by atoms with Gasteiger partial charge < -0.3 is 20.3 Å². The van der Waals surface area contributed by atoms with Gasteiger partial charge in [0.25, 0.3) is 5.91 Å². The molecule has 0 bridgehead atoms. The molecular weight excluding hydrogens is 350 g/mol. The van der Waals surface area contributed by atoms with Crippen molar-refractivity contribution in [1.82, 2.24) is 0 Å². The molecule has 138 valence electrons. The molecule has 0 spiro atoms. The van der Waals surface area contributed by atoms with Crippen LogP contribution in [0.2, 0.25) is 5.02 Å². The number of hydrogen-bond donors (Lipinski definition) is 2. The van der Waals surface area contributed by atoms with Crippen molar-refractivity contribution in [1.29, 1.82) is 0 Å². The summed E-state index contributed by atoms with van der Waals surface area (Å²) in [6.45, 7) is 5.79. The fourth-order valence-electron chi connectivity index (χ4n) is 2.98. The first-order valence-corrected chi connectivity index (χ1v) is 9.31. The van der Waals surface area contributed by atoms with Gasteiger partial charge in [-0.25, -0.2) is 0 Å². The molecule has 0 aliphatic carbocycles. The van der Waals surface area contributed by atoms with Gasteiger partial charge >= 0.3 is 0 Å². The van der Waals surface area contributed by atoms with Crippen molar-refractivity contribution in [3.63, 3.8) is 0 Å². The second kappa shape index (κ2) is 9.03. The standard InChI is InChI=1S/C20H24ClN3O2/c1-15(16-2-4-17(21)5-3-16)22-14-20(25)23-18-6-8-19(9-7-18)24-10-12-26-13-11-24/h2-9,15,22H,10-14H2,1H3,(H,23,25)/p+1/t15-/m1/s1. The number of halogens is 1. The fraction of sp³-hybridized carbons (Fsp3) is 0.350. The first kappa shape index (κ1) is 18.7. The minimum atomic E-state index is -0.00932. The Hall–Kier alpha value is -2.08. The lowest BCUT2D eigenvalue weighted by Gasteiger charge is -2.28. The Morgan fingerprint density at radius 1 is 1.15 bits per heavy atom. The summed E-state index contributed by atoms with van der Waals surface area (Å²) in [5.74, 6) is -0.00932. The van der Waals surface area contributed by atoms with Gasteiger partial charge in [-0.3, -0.25) is 4.79 Å². The molecule has 0 unspecified atom stereocenters. The smallest absolute Gasteiger partial charge is 0.279 e. The zero-order valence-electron chi connectivity index (χ0n) is 15.0. The van der Waals surface area contributed by atoms with Crippen molar-refractivity contribution in [2.24, 2.45) is 0 Å². The molecule has 3 rings (SSSR count). The molecule has 1 amide bonds. The van der Waals surface area contributed by atoms with Crippen LogP contribution in [-0.4, -0.2) is 38.8 Å². The van der Waals surface area contributed by atoms with E-state index >= 15 is 0 Å². The van der Waals surface area contributed by atoms with Gasteiger partial charge in [0.05, 0.1) is 13.2 Å². The number of nitrogens with one attached hydrogen (secondary N) is 1. The monoisotopic (exact) mass is 374 g/mol. The Morgan fingerprint density at radius 2 is 1.81 bits per heavy atom. The highest BCUT2D eigenvalue weighted by atomic mass is 35.5. The van der Waals surface area contributed by atoms with Gasteiger partial charge in [0.15, 0.2) is 6.54 Å². The van der Waals surface area contributed by atoms with Crippen molar-refractivity contribution in [3.8, 4) is 0 Å². The molecular formula is C20H25ClN3O2+. The SMILES string of the molecule is C[C@@H]([NH2+]CC(=O)Nc1ccc(N2CCOCC2)cc1)c1ccc(Cl)cc1. The van der Waals surface area contributed by atoms with Gasteiger partial charge in [-0.05, 0) is 43.3 Å². The van der Waals surface area contributed by atoms with E-state index in [1.165, 1.54) is 0 Å². The highest BCUT2D eigenvalue weighted by molar-refractivity contribution is 6.30. The highest BCUT2D eigenvalue weighted by Crippen LogP contribution is 2.19. The van der Waals surface area contributed by atoms with Gasteiger partial charge in [-0.2, -0.15) is 0 Å². The fourth-order valence-corrected chi connectivity index (χ4v) is 3.10. The number of quaternary nitrogens is 1. The summed E-state index contributed by atoms with van der Waals surface area (Å²) in [7, 11) is 0. The Bertz CT molecular complexity index is 713. The minimum absolute atomic E-state index is 0.00932. The van der Waals surface area contributed by atoms with Crippen LogP contribution in [0.4, 0.5) is 11.4 Å². The predicted octanol–water partition coefficient (Wildman–Crippen LogP) is 2.44. The largest absolute Gasteiger partial charge is 0.378 e. The number of ether oxygens (including phenoxy) is 1. The van der Waals surface area contributed by atoms with Crippen molar-refractivity contribution in [3.05, 3.63) is 59.1 Å². The molecule has 0 saturated carbocycles. The van der Waals surface area contributed by atoms with Gasteiger partial charge in [-0.15, -0.1) is 0 Å². The molecule has 26 heavy (non-hydrogen) atoms. The second-order valence-electron chi connectivity index (χ2n) is 6.47. The zero-order valence-corrected chi connectivity index (χ0v) is 15.7. The lowest BCUT2D eigenvalue weighted by molar-refractivity contribution is -0.682. The van der Waals surface area contributed by atoms with E-state index in [1.807, 2.05) is 53.8 Å². The molecule has 2 aromatic carbocycles. The Balaban J connectivity index is 1.47. The van der Waals surface area contributed by atoms with Crippen LogP contribution in [0.15, 0.2) is 48.5 Å². The molecule has 1 aliphatic heterocycles. The number of nitrogens with two attached hydrogens (primary N) is 1. The first-order chi connectivity index (χ1) is 12.6. The number of benzene rings is 2. The number of anilines is 2. The maximum Gasteiger partial charge on any atom is 0.279 e. The lowest BCUT2D eigenvalue weighted by atomic mass is 10.1. The van der Waals surface area contributed by atoms with Gasteiger partial charge in [-0.1, -0.05) is 23.7 Å². The van der Waals surface area contributed by atoms with E-state index in [2.05, 4.69) is 17.1 Å². The zero-order chi connectivity index (χ0) is 18.4. The van der Waals surface area contributed by atoms with Crippen LogP contribution in [0.5, 0.6) is 0 Å². The van der Waals surface area contributed by atoms with Crippen LogP contribution in [-0.2, 0) is 9.53 Å². The number of rotatable bonds is 6. The third-order valence-electron chi connectivity index (χ3n) is 4.58. The van der Waals surface area contributed by atoms with Crippen LogP contribution < -0.4 is 15.5 Å². The molecule has 6 heteroatoms. The summed E-state index contributed by atoms with van der Waals surface area (Å²) in [6.07, 6.45) is 0. The third kappa shape index (κ3) is 5.21. The topological polar surface area (TPSA) is 58.2 Å². The number of nitrogens with zero attached hydrogens (tertiary/aromatic N) is 1. The van der Waals surface area contributed by atoms with Gasteiger partial charge in [0.1, 0.15) is 6.04 Å². The second-order valence-corrected chi connectivity index (χ2v) is 6.91. The molecule has 1 fully saturated rings. The Morgan fingerprint density at radius 3 is 2.46 bits per heavy atom. The first-order valence-electron chi connectivity index (χ1n) is 8.93. The van der Waals surface area contributed by atoms with E-state index in [0.29, 0.717) is 6.54 Å². The number of amides is 1. The quantitative estimate of drug-likeness (QED) is 0.816. The maximum atomic E-state index is 12.2. The van der Waals surface area contributed by atoms with Crippen molar-refractivity contribution in [2.75, 3.05) is 43.1 Å². The average molecular weight is 375 g/mol. The summed E-state index contributed by atoms with van der Waals surface area (Å²) in [6, 6.07) is 15.9. The van der Waals surface area contributed by atoms with E-state index in [-0.39, 0.29) is 11.9 Å². The molecule has 1 saturated heterocycles. The number of carbonyl (C=O) groups is 1. The van der Waals surface area contributed by atoms with Crippen LogP contribution in [0.25, 0.3) is 0 Å². The highest BCUT2D eigenvalue weighted by Gasteiger charge is 2.13. The lowest BCUT2D eigenvalue weighted by Crippen LogP contribution is -2.86. The van der Waals surface area contributed by atoms with Crippen molar-refractivity contribution >= 4 is 28.9 Å². The van der Waals surface area contributed by atoms with Crippen molar-refractivity contribution < 1.29 is 14.8 Å². The molecule has 1 atom stereocenters. The van der Waals surface area contributed by atoms with Gasteiger partial charge in [0, 0.05) is 35.1 Å². The summed E-state index contributed by atoms with van der Waals surface area (Å²) < 4.78 is 5.37. The van der Waals surface area contributed by atoms with E-state index in [9.17, 15) is 4.79 Å². The maximum absolute atomic E-state index is 12.2. The van der Waals surface area contributed by atoms with Gasteiger partial charge in [0.2, 0.25) is 0 Å². The third-order valence-corrected chi connectivity index (χ3v) is 4.83. The summed E-state index contributed by atoms with van der Waals surface area (Å²) in [5.41, 5.74) is 3.13. The van der Waals surface area contributed by atoms with E-state index in [4.69, 9.17) is 16.3 Å². The molecule has 1 heterocycles. The summed E-state index contributed by atoms with van der Waals surface area (Å²) in [4.78, 5) is 14.5. The van der Waals surface area contributed by atoms with Crippen molar-refractivity contribution in [2.45, 2.75) is 13.0 Å². The molecule has 1 aliphatic rings. The number of carbonyl (C=O) groups excluding carboxylic acids is 1. The van der Waals surface area contributed by atoms with E-state index in [1.54, 1.807) is 0 Å². The number of hydrogen-bond acceptors (Lipinski definition) is 3. The molecule has 2 aromatic rings. The Labute approximate surface area is 159 Å². The molecule has 3 N–H and O–H groups in total. The Kier molecular flexibility index (Phi) is 6.50. The predicted molar refractivity (Wildman–Crippen MR) is 105 cm³/mol. The van der Waals surface area contributed by atoms with Crippen LogP contribution >= 0.6 is 11.6 Å². The summed E-state index contributed by atoms with van der Waals surface area (Å²) in [5, 5.41) is 5.69. The van der Waals surface area contributed by atoms with E-state index < -0.39 is 0 Å². The molecule has 0 aromatic heterocycles. The molecule has 5 nitrogen and oxygen atoms in total. The van der Waals surface area contributed by atoms with Crippen LogP contribution in [0.3, 0.4) is 0 Å². The minimum Gasteiger partial charge on any atom is -0.378 e.